The van der Waals surface area contributed by atoms with Crippen LogP contribution in [0.25, 0.3) is 10.9 Å². The Kier molecular flexibility index (Phi) is 7.65. The van der Waals surface area contributed by atoms with Gasteiger partial charge in [0.05, 0.1) is 6.04 Å². The van der Waals surface area contributed by atoms with E-state index in [9.17, 15) is 4.79 Å². The lowest BCUT2D eigenvalue weighted by Crippen LogP contribution is -2.36. The minimum absolute atomic E-state index is 0.0892. The highest BCUT2D eigenvalue weighted by Crippen LogP contribution is 2.35. The fourth-order valence-corrected chi connectivity index (χ4v) is 6.53. The molecule has 0 saturated heterocycles. The smallest absolute Gasteiger partial charge is 0.253 e. The zero-order valence-corrected chi connectivity index (χ0v) is 23.1. The Morgan fingerprint density at radius 2 is 1.90 bits per heavy atom. The summed E-state index contributed by atoms with van der Waals surface area (Å²) in [5, 5.41) is 16.4. The van der Waals surface area contributed by atoms with Crippen LogP contribution >= 0.6 is 11.3 Å². The minimum atomic E-state index is -0.384. The first-order valence-electron chi connectivity index (χ1n) is 13.9. The molecule has 3 heterocycles. The molecule has 1 aliphatic rings. The van der Waals surface area contributed by atoms with E-state index in [4.69, 9.17) is 0 Å². The molecule has 1 fully saturated rings. The van der Waals surface area contributed by atoms with Crippen LogP contribution in [-0.2, 0) is 19.4 Å². The average molecular weight is 539 g/mol. The number of hydrogen-bond donors (Lipinski definition) is 1. The lowest BCUT2D eigenvalue weighted by atomic mass is 10.0. The van der Waals surface area contributed by atoms with E-state index >= 15 is 0 Å². The van der Waals surface area contributed by atoms with Crippen LogP contribution in [0.3, 0.4) is 0 Å². The van der Waals surface area contributed by atoms with Crippen molar-refractivity contribution in [2.24, 2.45) is 0 Å². The Bertz CT molecular complexity index is 1570. The van der Waals surface area contributed by atoms with Crippen LogP contribution in [0, 0.1) is 0 Å². The molecule has 1 atom stereocenters. The van der Waals surface area contributed by atoms with Crippen molar-refractivity contribution in [3.63, 3.8) is 0 Å². The van der Waals surface area contributed by atoms with Crippen molar-refractivity contribution in [1.29, 1.82) is 0 Å². The molecule has 0 bridgehead atoms. The molecule has 5 aromatic rings. The number of hydrogen-bond acceptors (Lipinski definition) is 6. The van der Waals surface area contributed by atoms with Gasteiger partial charge in [-0.05, 0) is 82.3 Å². The maximum atomic E-state index is 13.8. The van der Waals surface area contributed by atoms with Gasteiger partial charge in [0.25, 0.3) is 5.56 Å². The van der Waals surface area contributed by atoms with Crippen LogP contribution in [0.15, 0.2) is 76.9 Å². The zero-order chi connectivity index (χ0) is 26.6. The molecule has 1 N–H and O–H groups in total. The second-order valence-electron chi connectivity index (χ2n) is 10.4. The normalized spacial score (nSPS) is 14.9. The number of pyridine rings is 1. The van der Waals surface area contributed by atoms with Crippen molar-refractivity contribution in [3.05, 3.63) is 110 Å². The summed E-state index contributed by atoms with van der Waals surface area (Å²) < 4.78 is 2.01. The lowest BCUT2D eigenvalue weighted by molar-refractivity contribution is 0.203. The van der Waals surface area contributed by atoms with Crippen molar-refractivity contribution in [1.82, 2.24) is 30.1 Å². The van der Waals surface area contributed by atoms with Gasteiger partial charge in [-0.25, -0.2) is 4.68 Å². The summed E-state index contributed by atoms with van der Waals surface area (Å²) in [5.74, 6) is 0.753. The van der Waals surface area contributed by atoms with E-state index < -0.39 is 0 Å². The maximum absolute atomic E-state index is 13.8. The van der Waals surface area contributed by atoms with E-state index in [2.05, 4.69) is 92.3 Å². The number of rotatable bonds is 10. The quantitative estimate of drug-likeness (QED) is 0.233. The van der Waals surface area contributed by atoms with Gasteiger partial charge in [0.2, 0.25) is 0 Å². The summed E-state index contributed by atoms with van der Waals surface area (Å²) in [4.78, 5) is 20.6. The Labute approximate surface area is 232 Å². The van der Waals surface area contributed by atoms with E-state index in [1.54, 1.807) is 11.3 Å². The molecule has 0 spiro atoms. The number of aromatic nitrogens is 5. The summed E-state index contributed by atoms with van der Waals surface area (Å²) in [7, 11) is 0. The third-order valence-corrected chi connectivity index (χ3v) is 8.77. The van der Waals surface area contributed by atoms with Crippen LogP contribution in [0.2, 0.25) is 0 Å². The fourth-order valence-electron chi connectivity index (χ4n) is 5.80. The van der Waals surface area contributed by atoms with E-state index in [0.717, 1.165) is 49.0 Å². The molecule has 0 unspecified atom stereocenters. The standard InChI is InChI=1S/C31H34N6OS/c1-2-22-14-15-28-24(19-22)20-27(31(38)32-28)29(30-33-34-35-37(30)25-11-6-7-12-25)36(21-26-13-8-18-39-26)17-16-23-9-4-3-5-10-23/h3-5,8-10,13-15,18-20,25,29H,2,6-7,11-12,16-17,21H2,1H3,(H,32,38)/t29-/m1/s1. The largest absolute Gasteiger partial charge is 0.322 e. The van der Waals surface area contributed by atoms with Gasteiger partial charge < -0.3 is 4.98 Å². The molecule has 0 aliphatic heterocycles. The molecular formula is C31H34N6OS. The van der Waals surface area contributed by atoms with Crippen LogP contribution in [0.4, 0.5) is 0 Å². The summed E-state index contributed by atoms with van der Waals surface area (Å²) >= 11 is 1.74. The number of nitrogens with one attached hydrogen (secondary N) is 1. The Morgan fingerprint density at radius 3 is 2.67 bits per heavy atom. The predicted octanol–water partition coefficient (Wildman–Crippen LogP) is 6.09. The number of aromatic amines is 1. The van der Waals surface area contributed by atoms with Gasteiger partial charge in [-0.1, -0.05) is 62.2 Å². The second-order valence-corrected chi connectivity index (χ2v) is 11.5. The monoisotopic (exact) mass is 538 g/mol. The summed E-state index contributed by atoms with van der Waals surface area (Å²) in [6, 6.07) is 23.0. The third kappa shape index (κ3) is 5.58. The molecule has 0 radical (unpaired) electrons. The maximum Gasteiger partial charge on any atom is 0.253 e. The van der Waals surface area contributed by atoms with Gasteiger partial charge in [-0.15, -0.1) is 16.4 Å². The van der Waals surface area contributed by atoms with Crippen molar-refractivity contribution in [2.45, 2.75) is 64.1 Å². The minimum Gasteiger partial charge on any atom is -0.322 e. The van der Waals surface area contributed by atoms with E-state index in [-0.39, 0.29) is 17.6 Å². The molecule has 200 valence electrons. The van der Waals surface area contributed by atoms with Crippen LogP contribution in [0.5, 0.6) is 0 Å². The van der Waals surface area contributed by atoms with Crippen molar-refractivity contribution in [3.8, 4) is 0 Å². The van der Waals surface area contributed by atoms with Gasteiger partial charge in [0, 0.05) is 29.0 Å². The molecule has 7 nitrogen and oxygen atoms in total. The molecule has 1 saturated carbocycles. The lowest BCUT2D eigenvalue weighted by Gasteiger charge is -2.31. The van der Waals surface area contributed by atoms with Crippen LogP contribution in [0.1, 0.15) is 72.1 Å². The zero-order valence-electron chi connectivity index (χ0n) is 22.3. The molecule has 1 aliphatic carbocycles. The number of nitrogens with zero attached hydrogens (tertiary/aromatic N) is 5. The Balaban J connectivity index is 1.49. The number of H-pyrrole nitrogens is 1. The number of benzene rings is 2. The topological polar surface area (TPSA) is 79.7 Å². The van der Waals surface area contributed by atoms with Crippen molar-refractivity contribution >= 4 is 22.2 Å². The van der Waals surface area contributed by atoms with Crippen LogP contribution in [-0.4, -0.2) is 36.6 Å². The highest BCUT2D eigenvalue weighted by atomic mass is 32.1. The Morgan fingerprint density at radius 1 is 1.05 bits per heavy atom. The SMILES string of the molecule is CCc1ccc2[nH]c(=O)c([C@H](c3nnnn3C3CCCC3)N(CCc3ccccc3)Cc3cccs3)cc2c1. The predicted molar refractivity (Wildman–Crippen MR) is 156 cm³/mol. The summed E-state index contributed by atoms with van der Waals surface area (Å²) in [6.07, 6.45) is 6.28. The molecule has 8 heteroatoms. The van der Waals surface area contributed by atoms with Gasteiger partial charge in [0.15, 0.2) is 5.82 Å². The first kappa shape index (κ1) is 25.6. The number of fused-ring (bicyclic) bond motifs is 1. The molecule has 2 aromatic carbocycles. The summed E-state index contributed by atoms with van der Waals surface area (Å²) in [6.45, 7) is 3.62. The summed E-state index contributed by atoms with van der Waals surface area (Å²) in [5.41, 5.74) is 3.96. The number of thiophene rings is 1. The molecule has 6 rings (SSSR count). The molecule has 0 amide bonds. The molecular weight excluding hydrogens is 504 g/mol. The van der Waals surface area contributed by atoms with E-state index in [0.29, 0.717) is 12.1 Å². The third-order valence-electron chi connectivity index (χ3n) is 7.91. The highest BCUT2D eigenvalue weighted by Gasteiger charge is 2.33. The van der Waals surface area contributed by atoms with Crippen molar-refractivity contribution in [2.75, 3.05) is 6.54 Å². The highest BCUT2D eigenvalue weighted by molar-refractivity contribution is 7.09. The van der Waals surface area contributed by atoms with Crippen LogP contribution < -0.4 is 5.56 Å². The Hall–Kier alpha value is -3.62. The second kappa shape index (κ2) is 11.6. The van der Waals surface area contributed by atoms with E-state index in [1.165, 1.54) is 28.8 Å². The molecule has 39 heavy (non-hydrogen) atoms. The first-order chi connectivity index (χ1) is 19.2. The van der Waals surface area contributed by atoms with E-state index in [1.807, 2.05) is 16.8 Å². The molecule has 3 aromatic heterocycles. The first-order valence-corrected chi connectivity index (χ1v) is 14.8. The fraction of sp³-hybridized carbons (Fsp3) is 0.355. The van der Waals surface area contributed by atoms with Gasteiger partial charge in [-0.2, -0.15) is 0 Å². The number of aryl methyl sites for hydroxylation is 1. The number of tetrazole rings is 1. The van der Waals surface area contributed by atoms with Gasteiger partial charge in [0.1, 0.15) is 6.04 Å². The van der Waals surface area contributed by atoms with Gasteiger partial charge in [-0.3, -0.25) is 9.69 Å². The van der Waals surface area contributed by atoms with Gasteiger partial charge >= 0.3 is 0 Å². The average Bonchev–Trinajstić information content (AvgIpc) is 3.76. The van der Waals surface area contributed by atoms with Crippen molar-refractivity contribution < 1.29 is 0 Å².